The van der Waals surface area contributed by atoms with E-state index in [1.807, 2.05) is 0 Å². The molecule has 2 atom stereocenters. The molecule has 0 aromatic heterocycles. The van der Waals surface area contributed by atoms with Crippen molar-refractivity contribution in [3.63, 3.8) is 0 Å². The van der Waals surface area contributed by atoms with Crippen molar-refractivity contribution in [1.82, 2.24) is 10.2 Å². The molecule has 2 unspecified atom stereocenters. The first-order chi connectivity index (χ1) is 9.71. The van der Waals surface area contributed by atoms with Crippen molar-refractivity contribution < 1.29 is 4.79 Å². The minimum Gasteiger partial charge on any atom is -0.338 e. The minimum absolute atomic E-state index is 0.282. The summed E-state index contributed by atoms with van der Waals surface area (Å²) in [5.74, 6) is 1.17. The van der Waals surface area contributed by atoms with E-state index < -0.39 is 0 Å². The molecule has 0 radical (unpaired) electrons. The van der Waals surface area contributed by atoms with E-state index in [4.69, 9.17) is 0 Å². The molecule has 3 aliphatic rings. The van der Waals surface area contributed by atoms with Crippen LogP contribution in [0.2, 0.25) is 0 Å². The number of amides is 1. The molecule has 2 heterocycles. The van der Waals surface area contributed by atoms with Gasteiger partial charge in [0.2, 0.25) is 5.91 Å². The van der Waals surface area contributed by atoms with Crippen LogP contribution in [0.25, 0.3) is 0 Å². The first kappa shape index (κ1) is 14.4. The van der Waals surface area contributed by atoms with Crippen LogP contribution in [0.4, 0.5) is 0 Å². The van der Waals surface area contributed by atoms with Crippen LogP contribution in [0, 0.1) is 5.92 Å². The number of nitrogens with one attached hydrogen (secondary N) is 1. The summed E-state index contributed by atoms with van der Waals surface area (Å²) in [5, 5.41) is 3.50. The quantitative estimate of drug-likeness (QED) is 0.842. The molecule has 1 N–H and O–H groups in total. The van der Waals surface area contributed by atoms with Crippen molar-refractivity contribution in [2.45, 2.75) is 82.7 Å². The molecule has 0 bridgehead atoms. The SMILES string of the molecule is CC1(C(=O)N2CCCC2C2CCCCC2)CCCCN1. The lowest BCUT2D eigenvalue weighted by Gasteiger charge is -2.41. The molecule has 1 aliphatic carbocycles. The summed E-state index contributed by atoms with van der Waals surface area (Å²) in [6.45, 7) is 4.13. The van der Waals surface area contributed by atoms with Gasteiger partial charge in [0.25, 0.3) is 0 Å². The maximum atomic E-state index is 13.0. The monoisotopic (exact) mass is 278 g/mol. The second kappa shape index (κ2) is 6.05. The second-order valence-corrected chi connectivity index (χ2v) is 7.32. The third-order valence-corrected chi connectivity index (χ3v) is 5.84. The molecule has 2 saturated heterocycles. The topological polar surface area (TPSA) is 32.3 Å². The van der Waals surface area contributed by atoms with Crippen LogP contribution in [0.15, 0.2) is 0 Å². The number of carbonyl (C=O) groups excluding carboxylic acids is 1. The minimum atomic E-state index is -0.282. The Morgan fingerprint density at radius 2 is 1.85 bits per heavy atom. The fraction of sp³-hybridized carbons (Fsp3) is 0.941. The third-order valence-electron chi connectivity index (χ3n) is 5.84. The van der Waals surface area contributed by atoms with Gasteiger partial charge in [-0.25, -0.2) is 0 Å². The first-order valence-electron chi connectivity index (χ1n) is 8.77. The fourth-order valence-corrected chi connectivity index (χ4v) is 4.61. The van der Waals surface area contributed by atoms with Gasteiger partial charge in [0.1, 0.15) is 0 Å². The van der Waals surface area contributed by atoms with Crippen LogP contribution in [0.3, 0.4) is 0 Å². The van der Waals surface area contributed by atoms with Crippen molar-refractivity contribution >= 4 is 5.91 Å². The molecule has 114 valence electrons. The van der Waals surface area contributed by atoms with Crippen LogP contribution in [0.1, 0.15) is 71.1 Å². The van der Waals surface area contributed by atoms with Crippen LogP contribution in [-0.4, -0.2) is 35.5 Å². The first-order valence-corrected chi connectivity index (χ1v) is 8.77. The smallest absolute Gasteiger partial charge is 0.242 e. The van der Waals surface area contributed by atoms with E-state index in [0.29, 0.717) is 11.9 Å². The summed E-state index contributed by atoms with van der Waals surface area (Å²) in [6, 6.07) is 0.545. The number of hydrogen-bond donors (Lipinski definition) is 1. The summed E-state index contributed by atoms with van der Waals surface area (Å²) >= 11 is 0. The van der Waals surface area contributed by atoms with Crippen LogP contribution in [0.5, 0.6) is 0 Å². The molecule has 3 fully saturated rings. The number of likely N-dealkylation sites (tertiary alicyclic amines) is 1. The highest BCUT2D eigenvalue weighted by Crippen LogP contribution is 2.36. The fourth-order valence-electron chi connectivity index (χ4n) is 4.61. The van der Waals surface area contributed by atoms with Crippen molar-refractivity contribution in [3.05, 3.63) is 0 Å². The zero-order valence-corrected chi connectivity index (χ0v) is 13.0. The van der Waals surface area contributed by atoms with Crippen molar-refractivity contribution in [2.75, 3.05) is 13.1 Å². The van der Waals surface area contributed by atoms with E-state index in [1.165, 1.54) is 57.8 Å². The Morgan fingerprint density at radius 3 is 2.55 bits per heavy atom. The summed E-state index contributed by atoms with van der Waals surface area (Å²) in [5.41, 5.74) is -0.282. The Morgan fingerprint density at radius 1 is 1.05 bits per heavy atom. The molecule has 3 rings (SSSR count). The molecule has 20 heavy (non-hydrogen) atoms. The summed E-state index contributed by atoms with van der Waals surface area (Å²) < 4.78 is 0. The van der Waals surface area contributed by atoms with E-state index in [2.05, 4.69) is 17.1 Å². The van der Waals surface area contributed by atoms with Gasteiger partial charge in [-0.15, -0.1) is 0 Å². The maximum Gasteiger partial charge on any atom is 0.242 e. The average Bonchev–Trinajstić information content (AvgIpc) is 2.97. The Labute approximate surface area is 123 Å². The number of nitrogens with zero attached hydrogens (tertiary/aromatic N) is 1. The van der Waals surface area contributed by atoms with E-state index in [-0.39, 0.29) is 5.54 Å². The summed E-state index contributed by atoms with van der Waals surface area (Å²) in [6.07, 6.45) is 12.7. The van der Waals surface area contributed by atoms with Crippen LogP contribution >= 0.6 is 0 Å². The number of carbonyl (C=O) groups is 1. The maximum absolute atomic E-state index is 13.0. The van der Waals surface area contributed by atoms with Gasteiger partial charge in [0.05, 0.1) is 5.54 Å². The summed E-state index contributed by atoms with van der Waals surface area (Å²) in [4.78, 5) is 15.3. The Kier molecular flexibility index (Phi) is 4.34. The Hall–Kier alpha value is -0.570. The molecule has 1 amide bonds. The van der Waals surface area contributed by atoms with Crippen molar-refractivity contribution in [3.8, 4) is 0 Å². The molecular weight excluding hydrogens is 248 g/mol. The molecule has 1 saturated carbocycles. The van der Waals surface area contributed by atoms with Gasteiger partial charge in [-0.05, 0) is 64.3 Å². The van der Waals surface area contributed by atoms with Gasteiger partial charge in [-0.2, -0.15) is 0 Å². The van der Waals surface area contributed by atoms with Crippen molar-refractivity contribution in [2.24, 2.45) is 5.92 Å². The van der Waals surface area contributed by atoms with Gasteiger partial charge in [-0.3, -0.25) is 4.79 Å². The molecule has 0 aromatic carbocycles. The van der Waals surface area contributed by atoms with Gasteiger partial charge in [0.15, 0.2) is 0 Å². The standard InChI is InChI=1S/C17H30N2O/c1-17(11-5-6-12-18-17)16(20)19-13-7-10-15(19)14-8-3-2-4-9-14/h14-15,18H,2-13H2,1H3. The lowest BCUT2D eigenvalue weighted by atomic mass is 9.82. The number of hydrogen-bond acceptors (Lipinski definition) is 2. The molecule has 3 heteroatoms. The zero-order chi connectivity index (χ0) is 14.0. The van der Waals surface area contributed by atoms with Gasteiger partial charge >= 0.3 is 0 Å². The Balaban J connectivity index is 1.69. The van der Waals surface area contributed by atoms with Crippen LogP contribution in [-0.2, 0) is 4.79 Å². The molecule has 2 aliphatic heterocycles. The van der Waals surface area contributed by atoms with E-state index in [0.717, 1.165) is 25.4 Å². The second-order valence-electron chi connectivity index (χ2n) is 7.32. The van der Waals surface area contributed by atoms with E-state index >= 15 is 0 Å². The van der Waals surface area contributed by atoms with E-state index in [1.54, 1.807) is 0 Å². The summed E-state index contributed by atoms with van der Waals surface area (Å²) in [7, 11) is 0. The number of piperidine rings is 1. The van der Waals surface area contributed by atoms with Gasteiger partial charge in [0, 0.05) is 12.6 Å². The lowest BCUT2D eigenvalue weighted by Crippen LogP contribution is -2.59. The predicted molar refractivity (Wildman–Crippen MR) is 81.6 cm³/mol. The molecule has 0 aromatic rings. The zero-order valence-electron chi connectivity index (χ0n) is 13.0. The molecule has 0 spiro atoms. The largest absolute Gasteiger partial charge is 0.338 e. The average molecular weight is 278 g/mol. The molecular formula is C17H30N2O. The van der Waals surface area contributed by atoms with Crippen molar-refractivity contribution in [1.29, 1.82) is 0 Å². The third kappa shape index (κ3) is 2.74. The highest BCUT2D eigenvalue weighted by atomic mass is 16.2. The van der Waals surface area contributed by atoms with Crippen LogP contribution < -0.4 is 5.32 Å². The lowest BCUT2D eigenvalue weighted by molar-refractivity contribution is -0.140. The van der Waals surface area contributed by atoms with Gasteiger partial charge < -0.3 is 10.2 Å². The van der Waals surface area contributed by atoms with E-state index in [9.17, 15) is 4.79 Å². The Bertz CT molecular complexity index is 343. The normalized spacial score (nSPS) is 36.2. The number of rotatable bonds is 2. The van der Waals surface area contributed by atoms with Gasteiger partial charge in [-0.1, -0.05) is 19.3 Å². The molecule has 3 nitrogen and oxygen atoms in total. The highest BCUT2D eigenvalue weighted by molar-refractivity contribution is 5.86. The highest BCUT2D eigenvalue weighted by Gasteiger charge is 2.43. The predicted octanol–water partition coefficient (Wildman–Crippen LogP) is 3.09.